The Morgan fingerprint density at radius 3 is 1.13 bits per heavy atom. The summed E-state index contributed by atoms with van der Waals surface area (Å²) < 4.78 is 170. The molecule has 0 aromatic heterocycles. The maximum absolute atomic E-state index is 13.6. The van der Waals surface area contributed by atoms with Crippen LogP contribution in [0.15, 0.2) is 402 Å². The molecule has 0 radical (unpaired) electrons. The van der Waals surface area contributed by atoms with Gasteiger partial charge in [0.05, 0.1) is 91.2 Å². The molecule has 2 fully saturated rings. The van der Waals surface area contributed by atoms with Crippen LogP contribution >= 0.6 is 0 Å². The maximum atomic E-state index is 13.6. The summed E-state index contributed by atoms with van der Waals surface area (Å²) in [6.45, 7) is 9.78. The van der Waals surface area contributed by atoms with Gasteiger partial charge in [0.2, 0.25) is 0 Å². The van der Waals surface area contributed by atoms with Crippen LogP contribution in [0.5, 0.6) is 17.2 Å². The molecule has 1 unspecified atom stereocenters. The molecule has 126 heavy (non-hydrogen) atoms. The molecule has 1 atom stereocenters. The smallest absolute Gasteiger partial charge is 0.416 e. The number of sulfone groups is 1. The number of hydrogen-bond acceptors (Lipinski definition) is 6. The van der Waals surface area contributed by atoms with Crippen molar-refractivity contribution < 1.29 is 66.9 Å². The van der Waals surface area contributed by atoms with Gasteiger partial charge in [-0.3, -0.25) is 0 Å². The van der Waals surface area contributed by atoms with E-state index in [1.54, 1.807) is 54.2 Å². The average Bonchev–Trinajstić information content (AvgIpc) is 0.908. The zero-order valence-corrected chi connectivity index (χ0v) is 76.3. The van der Waals surface area contributed by atoms with Gasteiger partial charge < -0.3 is 18.9 Å². The van der Waals surface area contributed by atoms with Crippen LogP contribution in [0.1, 0.15) is 89.5 Å². The zero-order valence-electron chi connectivity index (χ0n) is 71.4. The van der Waals surface area contributed by atoms with E-state index in [9.17, 15) is 47.9 Å². The van der Waals surface area contributed by atoms with E-state index in [0.29, 0.717) is 57.2 Å². The van der Waals surface area contributed by atoms with Crippen molar-refractivity contribution in [1.29, 1.82) is 0 Å². The van der Waals surface area contributed by atoms with E-state index in [1.165, 1.54) is 97.7 Å². The van der Waals surface area contributed by atoms with Crippen molar-refractivity contribution in [2.24, 2.45) is 0 Å². The molecule has 2 aliphatic rings. The molecule has 0 bridgehead atoms. The first-order valence-corrected chi connectivity index (χ1v) is 49.4. The summed E-state index contributed by atoms with van der Waals surface area (Å²) in [5.41, 5.74) is -0.743. The van der Waals surface area contributed by atoms with E-state index in [1.807, 2.05) is 60.7 Å². The summed E-state index contributed by atoms with van der Waals surface area (Å²) in [6, 6.07) is 107. The second-order valence-corrected chi connectivity index (χ2v) is 42.8. The highest BCUT2D eigenvalue weighted by atomic mass is 32.2. The minimum Gasteiger partial charge on any atom is -0.497 e. The third-order valence-electron chi connectivity index (χ3n) is 21.0. The Hall–Kier alpha value is -10.2. The van der Waals surface area contributed by atoms with Gasteiger partial charge in [-0.1, -0.05) is 170 Å². The summed E-state index contributed by atoms with van der Waals surface area (Å²) in [5, 5.41) is 2.39. The molecular formula is C105H102F9O6S6+5. The summed E-state index contributed by atoms with van der Waals surface area (Å²) >= 11 is 0. The van der Waals surface area contributed by atoms with Gasteiger partial charge in [0, 0.05) is 70.2 Å². The van der Waals surface area contributed by atoms with Crippen molar-refractivity contribution >= 4 is 75.1 Å². The van der Waals surface area contributed by atoms with Gasteiger partial charge in [-0.05, 0) is 229 Å². The molecule has 14 aromatic rings. The Kier molecular flexibility index (Phi) is 33.5. The monoisotopic (exact) mass is 1820 g/mol. The standard InChI is InChI=1S/C25H20F9S.C24H25O2S2.C21H21O2S.C18H15S.C17H21O2S/c1-13-5-15(3)22(16(4)6-13)35(20-8-14(2)7-17(10-20)23(26,27)28)21-11-18(24(29,30)31)9-19(12-21)25(32,33)34;25-28(26,23-14-8-3-9-15-23)24-18-16-22(17-19-24)27(20-10-4-1-5-11-20)21-12-6-2-7-13-21;1-16-7-4-10-19(13-16)24(20-11-5-8-17(14-20)22-2)21-12-6-9-18(15-21)23-3;1-4-10-16(11-5-1)19(17-12-6-2-7-13-17)18-14-8-3-9-15-18;1-18-10-11-19-16-8-9-17(20-12-4-5-13-20)15-7-3-2-6-14(15)16/h5-12H,1-4H3;1-2,4-7,10-13,16-19,23H,3,8-9,14-15H2;4-15H,1-3H3;1-15H;2-3,6-9H,4-5,10-13H2,1H3/q5*+1. The molecule has 16 rings (SSSR count). The number of hydrogen-bond donors (Lipinski definition) is 0. The third-order valence-corrected chi connectivity index (χ3v) is 34.9. The van der Waals surface area contributed by atoms with Gasteiger partial charge >= 0.3 is 18.5 Å². The van der Waals surface area contributed by atoms with Crippen molar-refractivity contribution in [3.63, 3.8) is 0 Å². The Morgan fingerprint density at radius 2 is 0.706 bits per heavy atom. The third kappa shape index (κ3) is 25.2. The molecular weight excluding hydrogens is 1720 g/mol. The van der Waals surface area contributed by atoms with Gasteiger partial charge in [0.1, 0.15) is 35.4 Å². The Labute approximate surface area is 749 Å². The Balaban J connectivity index is 0.000000146. The molecule has 14 aromatic carbocycles. The molecule has 0 spiro atoms. The molecule has 1 saturated heterocycles. The second kappa shape index (κ2) is 44.5. The first-order valence-electron chi connectivity index (χ1n) is 41.4. The zero-order chi connectivity index (χ0) is 89.6. The lowest BCUT2D eigenvalue weighted by Crippen LogP contribution is -2.24. The fraction of sp³-hybridized carbons (Fsp3) is 0.219. The fourth-order valence-electron chi connectivity index (χ4n) is 15.2. The lowest BCUT2D eigenvalue weighted by atomic mass is 10.0. The highest BCUT2D eigenvalue weighted by Gasteiger charge is 2.44. The van der Waals surface area contributed by atoms with Gasteiger partial charge in [0.15, 0.2) is 73.5 Å². The summed E-state index contributed by atoms with van der Waals surface area (Å²) in [5.74, 6) is 5.44. The van der Waals surface area contributed by atoms with Crippen LogP contribution in [-0.2, 0) is 87.6 Å². The highest BCUT2D eigenvalue weighted by Crippen LogP contribution is 2.46. The number of methoxy groups -OCH3 is 3. The van der Waals surface area contributed by atoms with Crippen LogP contribution in [0, 0.1) is 34.6 Å². The SMILES string of the molecule is COCCOc1ccc([S+]2CCCC2)c2ccccc12.COc1cccc([S+](c2cccc(C)c2)c2cccc(OC)c2)c1.Cc1cc([S+](c2cc(C(F)(F)F)cc(C(F)(F)F)c2)c2c(C)cc(C)cc2C)cc(C(F)(F)F)c1.O=S(=O)(c1ccc([S+](c2ccccc2)c2ccccc2)cc1)C1CCCCC1.c1ccc([S+](c2ccccc2)c2ccccc2)cc1. The summed E-state index contributed by atoms with van der Waals surface area (Å²) in [7, 11) is 0.152. The number of halogens is 9. The lowest BCUT2D eigenvalue weighted by molar-refractivity contribution is -0.143. The number of fused-ring (bicyclic) bond motifs is 1. The largest absolute Gasteiger partial charge is 0.497 e. The second-order valence-electron chi connectivity index (χ2n) is 30.3. The predicted octanol–water partition coefficient (Wildman–Crippen LogP) is 28.5. The molecule has 0 amide bonds. The van der Waals surface area contributed by atoms with Crippen LogP contribution in [-0.4, -0.2) is 59.7 Å². The predicted molar refractivity (Wildman–Crippen MR) is 498 cm³/mol. The lowest BCUT2D eigenvalue weighted by Gasteiger charge is -2.21. The first-order chi connectivity index (χ1) is 60.6. The molecule has 1 saturated carbocycles. The Bertz CT molecular complexity index is 5720. The Morgan fingerprint density at radius 1 is 0.333 bits per heavy atom. The van der Waals surface area contributed by atoms with Crippen molar-refractivity contribution in [1.82, 2.24) is 0 Å². The van der Waals surface area contributed by atoms with E-state index in [0.717, 1.165) is 71.9 Å². The topological polar surface area (TPSA) is 71.1 Å². The molecule has 1 aliphatic carbocycles. The van der Waals surface area contributed by atoms with Crippen LogP contribution in [0.4, 0.5) is 39.5 Å². The number of alkyl halides is 9. The van der Waals surface area contributed by atoms with Gasteiger partial charge in [-0.15, -0.1) is 0 Å². The molecule has 6 nitrogen and oxygen atoms in total. The van der Waals surface area contributed by atoms with E-state index in [4.69, 9.17) is 18.9 Å². The minimum atomic E-state index is -5.09. The van der Waals surface area contributed by atoms with Crippen molar-refractivity contribution in [3.8, 4) is 17.2 Å². The summed E-state index contributed by atoms with van der Waals surface area (Å²) in [4.78, 5) is 13.4. The number of rotatable bonds is 21. The van der Waals surface area contributed by atoms with Crippen molar-refractivity contribution in [3.05, 3.63) is 378 Å². The minimum absolute atomic E-state index is 0.0112. The van der Waals surface area contributed by atoms with Crippen LogP contribution in [0.2, 0.25) is 0 Å². The van der Waals surface area contributed by atoms with Gasteiger partial charge in [-0.25, -0.2) is 8.42 Å². The quantitative estimate of drug-likeness (QED) is 0.0406. The number of aryl methyl sites for hydroxylation is 5. The van der Waals surface area contributed by atoms with E-state index < -0.39 is 56.0 Å². The maximum Gasteiger partial charge on any atom is 0.416 e. The van der Waals surface area contributed by atoms with E-state index >= 15 is 0 Å². The normalized spacial score (nSPS) is 13.4. The molecule has 1 heterocycles. The van der Waals surface area contributed by atoms with Gasteiger partial charge in [0.25, 0.3) is 0 Å². The number of ether oxygens (including phenoxy) is 4. The van der Waals surface area contributed by atoms with Crippen LogP contribution in [0.3, 0.4) is 0 Å². The van der Waals surface area contributed by atoms with Crippen molar-refractivity contribution in [2.75, 3.05) is 46.0 Å². The molecule has 0 N–H and O–H groups in total. The van der Waals surface area contributed by atoms with Crippen LogP contribution in [0.25, 0.3) is 10.8 Å². The van der Waals surface area contributed by atoms with Crippen molar-refractivity contribution in [2.45, 2.75) is 172 Å². The molecule has 21 heteroatoms. The highest BCUT2D eigenvalue weighted by molar-refractivity contribution is 7.98. The number of benzene rings is 14. The fourth-order valence-corrected chi connectivity index (χ4v) is 28.5. The first kappa shape index (κ1) is 94.9. The van der Waals surface area contributed by atoms with Gasteiger partial charge in [-0.2, -0.15) is 39.5 Å². The average molecular weight is 1820 g/mol. The summed E-state index contributed by atoms with van der Waals surface area (Å²) in [6.07, 6.45) is -7.39. The molecule has 1 aliphatic heterocycles. The molecule has 652 valence electrons. The van der Waals surface area contributed by atoms with E-state index in [2.05, 4.69) is 231 Å². The van der Waals surface area contributed by atoms with E-state index in [-0.39, 0.29) is 59.4 Å². The van der Waals surface area contributed by atoms with Crippen LogP contribution < -0.4 is 14.2 Å².